The minimum absolute atomic E-state index is 0.140. The number of hydrogen-bond donors (Lipinski definition) is 2. The molecule has 0 aliphatic carbocycles. The molecule has 2 aromatic carbocycles. The van der Waals surface area contributed by atoms with Crippen molar-refractivity contribution in [3.05, 3.63) is 63.1 Å². The molecule has 3 N–H and O–H groups in total. The first-order chi connectivity index (χ1) is 10.2. The van der Waals surface area contributed by atoms with Gasteiger partial charge in [0, 0.05) is 9.50 Å². The summed E-state index contributed by atoms with van der Waals surface area (Å²) in [7, 11) is 0. The number of nitrogens with one attached hydrogen (secondary N) is 1. The maximum absolute atomic E-state index is 6.08. The summed E-state index contributed by atoms with van der Waals surface area (Å²) in [6.45, 7) is 2.80. The molecule has 0 radical (unpaired) electrons. The highest BCUT2D eigenvalue weighted by molar-refractivity contribution is 9.10. The van der Waals surface area contributed by atoms with Crippen LogP contribution in [-0.4, -0.2) is 6.61 Å². The summed E-state index contributed by atoms with van der Waals surface area (Å²) < 4.78 is 6.55. The largest absolute Gasteiger partial charge is 0.494 e. The van der Waals surface area contributed by atoms with Crippen molar-refractivity contribution in [1.29, 1.82) is 0 Å². The van der Waals surface area contributed by atoms with Crippen LogP contribution in [0.5, 0.6) is 5.75 Å². The first-order valence-electron chi connectivity index (χ1n) is 6.79. The predicted octanol–water partition coefficient (Wildman–Crippen LogP) is 4.44. The minimum atomic E-state index is -0.140. The van der Waals surface area contributed by atoms with E-state index in [0.717, 1.165) is 34.4 Å². The Morgan fingerprint density at radius 2 is 1.95 bits per heavy atom. The van der Waals surface area contributed by atoms with Crippen molar-refractivity contribution in [1.82, 2.24) is 5.43 Å². The van der Waals surface area contributed by atoms with Gasteiger partial charge in [-0.15, -0.1) is 0 Å². The van der Waals surface area contributed by atoms with Crippen molar-refractivity contribution in [3.8, 4) is 5.75 Å². The molecular weight excluding hydrogens is 352 g/mol. The van der Waals surface area contributed by atoms with Gasteiger partial charge in [0.1, 0.15) is 5.75 Å². The van der Waals surface area contributed by atoms with Gasteiger partial charge in [-0.25, -0.2) is 5.43 Å². The van der Waals surface area contributed by atoms with Gasteiger partial charge in [-0.1, -0.05) is 46.6 Å². The molecule has 5 heteroatoms. The van der Waals surface area contributed by atoms with E-state index in [-0.39, 0.29) is 6.04 Å². The number of rotatable bonds is 6. The fourth-order valence-corrected chi connectivity index (χ4v) is 2.73. The van der Waals surface area contributed by atoms with Gasteiger partial charge in [0.2, 0.25) is 0 Å². The Balaban J connectivity index is 2.26. The van der Waals surface area contributed by atoms with E-state index in [1.165, 1.54) is 0 Å². The number of nitrogens with two attached hydrogens (primary N) is 1. The van der Waals surface area contributed by atoms with Gasteiger partial charge in [0.15, 0.2) is 0 Å². The van der Waals surface area contributed by atoms with Gasteiger partial charge in [-0.2, -0.15) is 0 Å². The highest BCUT2D eigenvalue weighted by atomic mass is 79.9. The zero-order valence-corrected chi connectivity index (χ0v) is 14.1. The molecule has 0 fully saturated rings. The maximum atomic E-state index is 6.08. The normalized spacial score (nSPS) is 12.2. The highest BCUT2D eigenvalue weighted by Crippen LogP contribution is 2.31. The Bertz CT molecular complexity index is 589. The lowest BCUT2D eigenvalue weighted by atomic mass is 9.99. The maximum Gasteiger partial charge on any atom is 0.119 e. The van der Waals surface area contributed by atoms with Crippen molar-refractivity contribution < 1.29 is 4.74 Å². The second-order valence-electron chi connectivity index (χ2n) is 4.68. The number of ether oxygens (including phenoxy) is 1. The summed E-state index contributed by atoms with van der Waals surface area (Å²) in [4.78, 5) is 0. The number of benzene rings is 2. The van der Waals surface area contributed by atoms with Gasteiger partial charge >= 0.3 is 0 Å². The number of hydrogen-bond acceptors (Lipinski definition) is 3. The van der Waals surface area contributed by atoms with Crippen molar-refractivity contribution in [3.63, 3.8) is 0 Å². The molecule has 112 valence electrons. The van der Waals surface area contributed by atoms with Crippen LogP contribution in [-0.2, 0) is 0 Å². The smallest absolute Gasteiger partial charge is 0.119 e. The average Bonchev–Trinajstić information content (AvgIpc) is 2.50. The summed E-state index contributed by atoms with van der Waals surface area (Å²) in [5.41, 5.74) is 4.87. The Hall–Kier alpha value is -1.07. The van der Waals surface area contributed by atoms with E-state index in [2.05, 4.69) is 28.3 Å². The van der Waals surface area contributed by atoms with Gasteiger partial charge in [-0.05, 0) is 47.9 Å². The topological polar surface area (TPSA) is 47.3 Å². The van der Waals surface area contributed by atoms with E-state index >= 15 is 0 Å². The van der Waals surface area contributed by atoms with Crippen LogP contribution in [0.4, 0.5) is 0 Å². The lowest BCUT2D eigenvalue weighted by Crippen LogP contribution is -2.29. The summed E-state index contributed by atoms with van der Waals surface area (Å²) in [6.07, 6.45) is 0.990. The molecule has 21 heavy (non-hydrogen) atoms. The fraction of sp³-hybridized carbons (Fsp3) is 0.250. The van der Waals surface area contributed by atoms with Crippen LogP contribution in [0.3, 0.4) is 0 Å². The van der Waals surface area contributed by atoms with E-state index in [1.807, 2.05) is 42.5 Å². The first-order valence-corrected chi connectivity index (χ1v) is 7.96. The van der Waals surface area contributed by atoms with Crippen molar-refractivity contribution in [2.24, 2.45) is 5.84 Å². The zero-order valence-electron chi connectivity index (χ0n) is 11.8. The highest BCUT2D eigenvalue weighted by Gasteiger charge is 2.16. The minimum Gasteiger partial charge on any atom is -0.494 e. The lowest BCUT2D eigenvalue weighted by molar-refractivity contribution is 0.317. The summed E-state index contributed by atoms with van der Waals surface area (Å²) in [5, 5.41) is 0.677. The monoisotopic (exact) mass is 368 g/mol. The van der Waals surface area contributed by atoms with Crippen molar-refractivity contribution in [2.75, 3.05) is 6.61 Å². The summed E-state index contributed by atoms with van der Waals surface area (Å²) in [6, 6.07) is 13.4. The van der Waals surface area contributed by atoms with E-state index in [4.69, 9.17) is 22.2 Å². The Morgan fingerprint density at radius 1 is 1.24 bits per heavy atom. The molecule has 2 aromatic rings. The third kappa shape index (κ3) is 4.20. The van der Waals surface area contributed by atoms with Gasteiger partial charge in [0.05, 0.1) is 12.6 Å². The number of hydrazine groups is 1. The van der Waals surface area contributed by atoms with Gasteiger partial charge in [0.25, 0.3) is 0 Å². The summed E-state index contributed by atoms with van der Waals surface area (Å²) in [5.74, 6) is 6.59. The third-order valence-electron chi connectivity index (χ3n) is 3.12. The molecule has 0 spiro atoms. The molecule has 2 rings (SSSR count). The molecule has 1 atom stereocenters. The molecular formula is C16H18BrClN2O. The van der Waals surface area contributed by atoms with Crippen molar-refractivity contribution >= 4 is 27.5 Å². The van der Waals surface area contributed by atoms with E-state index in [1.54, 1.807) is 0 Å². The van der Waals surface area contributed by atoms with Crippen LogP contribution >= 0.6 is 27.5 Å². The predicted molar refractivity (Wildman–Crippen MR) is 90.5 cm³/mol. The molecule has 0 bridgehead atoms. The zero-order chi connectivity index (χ0) is 15.2. The molecule has 1 unspecified atom stereocenters. The Kier molecular flexibility index (Phi) is 6.06. The SMILES string of the molecule is CCCOc1ccc(C(NN)c2cc(Cl)ccc2Br)cc1. The molecule has 0 amide bonds. The van der Waals surface area contributed by atoms with Crippen LogP contribution in [0.25, 0.3) is 0 Å². The second-order valence-corrected chi connectivity index (χ2v) is 5.97. The lowest BCUT2D eigenvalue weighted by Gasteiger charge is -2.19. The molecule has 0 saturated heterocycles. The Labute approximate surface area is 138 Å². The average molecular weight is 370 g/mol. The molecule has 0 heterocycles. The first kappa shape index (κ1) is 16.3. The van der Waals surface area contributed by atoms with Crippen LogP contribution < -0.4 is 16.0 Å². The van der Waals surface area contributed by atoms with Crippen LogP contribution in [0.2, 0.25) is 5.02 Å². The molecule has 0 saturated carbocycles. The summed E-state index contributed by atoms with van der Waals surface area (Å²) >= 11 is 9.62. The molecule has 0 aromatic heterocycles. The quantitative estimate of drug-likeness (QED) is 0.584. The molecule has 3 nitrogen and oxygen atoms in total. The number of halogens is 2. The van der Waals surface area contributed by atoms with Crippen molar-refractivity contribution in [2.45, 2.75) is 19.4 Å². The standard InChI is InChI=1S/C16H18BrClN2O/c1-2-9-21-13-6-3-11(4-7-13)16(20-19)14-10-12(18)5-8-15(14)17/h3-8,10,16,20H,2,9,19H2,1H3. The fourth-order valence-electron chi connectivity index (χ4n) is 2.08. The van der Waals surface area contributed by atoms with Gasteiger partial charge in [-0.3, -0.25) is 5.84 Å². The molecule has 0 aliphatic heterocycles. The van der Waals surface area contributed by atoms with E-state index < -0.39 is 0 Å². The van der Waals surface area contributed by atoms with E-state index in [0.29, 0.717) is 5.02 Å². The Morgan fingerprint density at radius 3 is 2.57 bits per heavy atom. The third-order valence-corrected chi connectivity index (χ3v) is 4.08. The molecule has 0 aliphatic rings. The second kappa shape index (κ2) is 7.80. The van der Waals surface area contributed by atoms with Crippen LogP contribution in [0, 0.1) is 0 Å². The van der Waals surface area contributed by atoms with Crippen LogP contribution in [0.15, 0.2) is 46.9 Å². The van der Waals surface area contributed by atoms with Gasteiger partial charge < -0.3 is 4.74 Å². The van der Waals surface area contributed by atoms with E-state index in [9.17, 15) is 0 Å². The van der Waals surface area contributed by atoms with Crippen LogP contribution in [0.1, 0.15) is 30.5 Å².